The van der Waals surface area contributed by atoms with E-state index in [4.69, 9.17) is 5.73 Å². The second-order valence-corrected chi connectivity index (χ2v) is 3.67. The molecule has 76 valence electrons. The van der Waals surface area contributed by atoms with E-state index in [1.807, 2.05) is 18.2 Å². The lowest BCUT2D eigenvalue weighted by atomic mass is 9.95. The fraction of sp³-hybridized carbons (Fsp3) is 0.417. The third kappa shape index (κ3) is 3.60. The Balaban J connectivity index is 2.36. The highest BCUT2D eigenvalue weighted by Crippen LogP contribution is 2.20. The first-order chi connectivity index (χ1) is 6.70. The lowest BCUT2D eigenvalue weighted by Gasteiger charge is -2.10. The molecule has 14 heavy (non-hydrogen) atoms. The molecule has 2 heteroatoms. The van der Waals surface area contributed by atoms with Crippen molar-refractivity contribution < 1.29 is 4.79 Å². The van der Waals surface area contributed by atoms with Crippen LogP contribution in [0.4, 0.5) is 0 Å². The van der Waals surface area contributed by atoms with Gasteiger partial charge in [0.2, 0.25) is 5.91 Å². The van der Waals surface area contributed by atoms with Gasteiger partial charge in [0.1, 0.15) is 0 Å². The minimum atomic E-state index is -0.203. The van der Waals surface area contributed by atoms with Crippen LogP contribution >= 0.6 is 0 Å². The lowest BCUT2D eigenvalue weighted by Crippen LogP contribution is -2.10. The molecule has 0 aliphatic rings. The quantitative estimate of drug-likeness (QED) is 0.763. The summed E-state index contributed by atoms with van der Waals surface area (Å²) < 4.78 is 0. The molecule has 0 aliphatic carbocycles. The Hall–Kier alpha value is -1.31. The minimum Gasteiger partial charge on any atom is -0.370 e. The average Bonchev–Trinajstić information content (AvgIpc) is 2.18. The molecule has 1 rings (SSSR count). The first kappa shape index (κ1) is 10.8. The molecule has 2 N–H and O–H groups in total. The molecule has 1 atom stereocenters. The molecule has 1 unspecified atom stereocenters. The highest BCUT2D eigenvalue weighted by Gasteiger charge is 2.04. The first-order valence-electron chi connectivity index (χ1n) is 5.03. The van der Waals surface area contributed by atoms with Crippen LogP contribution in [0.25, 0.3) is 0 Å². The van der Waals surface area contributed by atoms with Gasteiger partial charge in [0, 0.05) is 6.42 Å². The maximum atomic E-state index is 10.5. The van der Waals surface area contributed by atoms with Gasteiger partial charge in [-0.2, -0.15) is 0 Å². The van der Waals surface area contributed by atoms with E-state index >= 15 is 0 Å². The number of primary amides is 1. The van der Waals surface area contributed by atoms with E-state index in [0.717, 1.165) is 12.8 Å². The zero-order chi connectivity index (χ0) is 10.4. The van der Waals surface area contributed by atoms with Crippen LogP contribution in [0.1, 0.15) is 37.7 Å². The van der Waals surface area contributed by atoms with Gasteiger partial charge >= 0.3 is 0 Å². The molecular formula is C12H17NO. The molecule has 0 saturated carbocycles. The summed E-state index contributed by atoms with van der Waals surface area (Å²) in [5.41, 5.74) is 6.41. The van der Waals surface area contributed by atoms with Crippen molar-refractivity contribution in [3.63, 3.8) is 0 Å². The molecule has 0 bridgehead atoms. The molecule has 1 amide bonds. The van der Waals surface area contributed by atoms with Crippen molar-refractivity contribution in [2.45, 2.75) is 32.1 Å². The van der Waals surface area contributed by atoms with Gasteiger partial charge < -0.3 is 5.73 Å². The van der Waals surface area contributed by atoms with Gasteiger partial charge in [-0.1, -0.05) is 37.3 Å². The molecule has 0 spiro atoms. The molecule has 1 aromatic carbocycles. The van der Waals surface area contributed by atoms with E-state index in [2.05, 4.69) is 19.1 Å². The van der Waals surface area contributed by atoms with Gasteiger partial charge in [0.15, 0.2) is 0 Å². The summed E-state index contributed by atoms with van der Waals surface area (Å²) in [5, 5.41) is 0. The Bertz CT molecular complexity index is 282. The van der Waals surface area contributed by atoms with Gasteiger partial charge in [-0.05, 0) is 24.3 Å². The van der Waals surface area contributed by atoms with Crippen LogP contribution in [0, 0.1) is 0 Å². The van der Waals surface area contributed by atoms with Crippen molar-refractivity contribution in [2.24, 2.45) is 5.73 Å². The van der Waals surface area contributed by atoms with Crippen LogP contribution in [-0.2, 0) is 4.79 Å². The van der Waals surface area contributed by atoms with Gasteiger partial charge in [-0.15, -0.1) is 0 Å². The van der Waals surface area contributed by atoms with Crippen molar-refractivity contribution in [1.29, 1.82) is 0 Å². The standard InChI is InChI=1S/C12H17NO/c1-10(6-5-9-12(13)14)11-7-3-2-4-8-11/h2-4,7-8,10H,5-6,9H2,1H3,(H2,13,14). The smallest absolute Gasteiger partial charge is 0.217 e. The highest BCUT2D eigenvalue weighted by molar-refractivity contribution is 5.73. The Morgan fingerprint density at radius 3 is 2.57 bits per heavy atom. The fourth-order valence-electron chi connectivity index (χ4n) is 1.53. The zero-order valence-corrected chi connectivity index (χ0v) is 8.57. The number of benzene rings is 1. The van der Waals surface area contributed by atoms with Crippen molar-refractivity contribution in [2.75, 3.05) is 0 Å². The number of nitrogens with two attached hydrogens (primary N) is 1. The van der Waals surface area contributed by atoms with Gasteiger partial charge in [-0.25, -0.2) is 0 Å². The summed E-state index contributed by atoms with van der Waals surface area (Å²) in [5.74, 6) is 0.306. The Morgan fingerprint density at radius 2 is 2.00 bits per heavy atom. The maximum Gasteiger partial charge on any atom is 0.217 e. The maximum absolute atomic E-state index is 10.5. The zero-order valence-electron chi connectivity index (χ0n) is 8.57. The second kappa shape index (κ2) is 5.43. The highest BCUT2D eigenvalue weighted by atomic mass is 16.1. The summed E-state index contributed by atoms with van der Waals surface area (Å²) in [6, 6.07) is 10.3. The third-order valence-corrected chi connectivity index (χ3v) is 2.43. The molecule has 0 fully saturated rings. The van der Waals surface area contributed by atoms with E-state index in [9.17, 15) is 4.79 Å². The summed E-state index contributed by atoms with van der Waals surface area (Å²) in [6.45, 7) is 2.18. The number of carbonyl (C=O) groups is 1. The van der Waals surface area contributed by atoms with E-state index in [1.165, 1.54) is 5.56 Å². The number of amides is 1. The topological polar surface area (TPSA) is 43.1 Å². The van der Waals surface area contributed by atoms with Crippen molar-refractivity contribution in [3.8, 4) is 0 Å². The molecule has 1 aromatic rings. The molecule has 0 aliphatic heterocycles. The third-order valence-electron chi connectivity index (χ3n) is 2.43. The average molecular weight is 191 g/mol. The largest absolute Gasteiger partial charge is 0.370 e. The van der Waals surface area contributed by atoms with Crippen LogP contribution in [-0.4, -0.2) is 5.91 Å². The predicted octanol–water partition coefficient (Wildman–Crippen LogP) is 2.45. The van der Waals surface area contributed by atoms with Crippen molar-refractivity contribution in [3.05, 3.63) is 35.9 Å². The van der Waals surface area contributed by atoms with Crippen molar-refractivity contribution in [1.82, 2.24) is 0 Å². The van der Waals surface area contributed by atoms with E-state index in [1.54, 1.807) is 0 Å². The minimum absolute atomic E-state index is 0.203. The predicted molar refractivity (Wildman–Crippen MR) is 57.9 cm³/mol. The van der Waals surface area contributed by atoms with Crippen LogP contribution in [0.3, 0.4) is 0 Å². The lowest BCUT2D eigenvalue weighted by molar-refractivity contribution is -0.118. The number of carbonyl (C=O) groups excluding carboxylic acids is 1. The summed E-state index contributed by atoms with van der Waals surface area (Å²) in [7, 11) is 0. The summed E-state index contributed by atoms with van der Waals surface area (Å²) >= 11 is 0. The monoisotopic (exact) mass is 191 g/mol. The SMILES string of the molecule is CC(CCCC(N)=O)c1ccccc1. The molecular weight excluding hydrogens is 174 g/mol. The fourth-order valence-corrected chi connectivity index (χ4v) is 1.53. The second-order valence-electron chi connectivity index (χ2n) is 3.67. The Morgan fingerprint density at radius 1 is 1.36 bits per heavy atom. The van der Waals surface area contributed by atoms with Crippen LogP contribution in [0.2, 0.25) is 0 Å². The molecule has 0 aromatic heterocycles. The molecule has 0 heterocycles. The Kier molecular flexibility index (Phi) is 4.17. The first-order valence-corrected chi connectivity index (χ1v) is 5.03. The van der Waals surface area contributed by atoms with Crippen LogP contribution < -0.4 is 5.73 Å². The van der Waals surface area contributed by atoms with Gasteiger partial charge in [0.05, 0.1) is 0 Å². The molecule has 2 nitrogen and oxygen atoms in total. The molecule has 0 saturated heterocycles. The number of hydrogen-bond donors (Lipinski definition) is 1. The normalized spacial score (nSPS) is 12.4. The number of rotatable bonds is 5. The van der Waals surface area contributed by atoms with E-state index in [-0.39, 0.29) is 5.91 Å². The van der Waals surface area contributed by atoms with E-state index in [0.29, 0.717) is 12.3 Å². The van der Waals surface area contributed by atoms with Crippen molar-refractivity contribution >= 4 is 5.91 Å². The van der Waals surface area contributed by atoms with E-state index < -0.39 is 0 Å². The van der Waals surface area contributed by atoms with Crippen LogP contribution in [0.15, 0.2) is 30.3 Å². The number of hydrogen-bond acceptors (Lipinski definition) is 1. The van der Waals surface area contributed by atoms with Gasteiger partial charge in [-0.3, -0.25) is 4.79 Å². The summed E-state index contributed by atoms with van der Waals surface area (Å²) in [4.78, 5) is 10.5. The van der Waals surface area contributed by atoms with Crippen LogP contribution in [0.5, 0.6) is 0 Å². The molecule has 0 radical (unpaired) electrons. The Labute approximate surface area is 85.1 Å². The summed E-state index contributed by atoms with van der Waals surface area (Å²) in [6.07, 6.45) is 2.40. The van der Waals surface area contributed by atoms with Gasteiger partial charge in [0.25, 0.3) is 0 Å².